The molecule has 0 saturated heterocycles. The molecule has 0 spiro atoms. The molecule has 2 aliphatic heterocycles. The molecule has 6 aromatic rings. The van der Waals surface area contributed by atoms with E-state index in [9.17, 15) is 19.2 Å². The minimum atomic E-state index is -0.500. The predicted octanol–water partition coefficient (Wildman–Crippen LogP) is 9.38. The Morgan fingerprint density at radius 3 is 1.53 bits per heavy atom. The zero-order valence-electron chi connectivity index (χ0n) is 24.5. The first-order chi connectivity index (χ1) is 22.5. The molecule has 0 radical (unpaired) electrons. The molecule has 2 aromatic carbocycles. The van der Waals surface area contributed by atoms with Gasteiger partial charge in [0.05, 0.1) is 38.1 Å². The van der Waals surface area contributed by atoms with E-state index < -0.39 is 12.1 Å². The van der Waals surface area contributed by atoms with Crippen LogP contribution in [0.25, 0.3) is 20.4 Å². The molecule has 47 heavy (non-hydrogen) atoms. The van der Waals surface area contributed by atoms with Crippen LogP contribution in [0.1, 0.15) is 78.5 Å². The number of aromatic nitrogens is 2. The van der Waals surface area contributed by atoms with Gasteiger partial charge in [-0.3, -0.25) is 29.0 Å². The van der Waals surface area contributed by atoms with Gasteiger partial charge in [-0.2, -0.15) is 0 Å². The van der Waals surface area contributed by atoms with Gasteiger partial charge in [0.15, 0.2) is 0 Å². The number of thiophene rings is 2. The lowest BCUT2D eigenvalue weighted by Gasteiger charge is -2.23. The van der Waals surface area contributed by atoms with E-state index in [1.165, 1.54) is 32.5 Å². The van der Waals surface area contributed by atoms with E-state index in [0.29, 0.717) is 43.7 Å². The lowest BCUT2D eigenvalue weighted by atomic mass is 10.1. The standard InChI is InChI=1S/C17H10BrClN2O2S.C17H11ClN2O2S/c1-8(12-6-9-7-13(18)24-15(9)20-14(12)19)21-16(22)10-4-2-3-5-11(10)17(21)23;1-9(13-8-10-6-7-23-15(10)19-14(13)18)20-16(21)11-4-2-3-5-12(11)17(20)22/h2-8H,1H3;2-9H,1H3/t8-;9-/m00/s1. The van der Waals surface area contributed by atoms with Crippen LogP contribution in [0.15, 0.2) is 82.0 Å². The summed E-state index contributed by atoms with van der Waals surface area (Å²) < 4.78 is 0.951. The predicted molar refractivity (Wildman–Crippen MR) is 188 cm³/mol. The number of fused-ring (bicyclic) bond motifs is 4. The smallest absolute Gasteiger partial charge is 0.262 e. The van der Waals surface area contributed by atoms with Gasteiger partial charge >= 0.3 is 0 Å². The van der Waals surface area contributed by atoms with Crippen LogP contribution in [0.2, 0.25) is 10.3 Å². The second-order valence-electron chi connectivity index (χ2n) is 10.9. The van der Waals surface area contributed by atoms with Crippen molar-refractivity contribution in [2.45, 2.75) is 25.9 Å². The molecular formula is C34H21BrCl2N4O4S2. The number of carbonyl (C=O) groups is 4. The Kier molecular flexibility index (Phi) is 8.22. The van der Waals surface area contributed by atoms with Crippen molar-refractivity contribution < 1.29 is 19.2 Å². The van der Waals surface area contributed by atoms with Crippen molar-refractivity contribution in [2.24, 2.45) is 0 Å². The Balaban J connectivity index is 0.000000150. The van der Waals surface area contributed by atoms with Crippen LogP contribution in [0.5, 0.6) is 0 Å². The Labute approximate surface area is 294 Å². The fourth-order valence-electron chi connectivity index (χ4n) is 5.81. The van der Waals surface area contributed by atoms with Crippen molar-refractivity contribution in [2.75, 3.05) is 0 Å². The van der Waals surface area contributed by atoms with Gasteiger partial charge in [0.25, 0.3) is 23.6 Å². The second kappa shape index (κ2) is 12.2. The summed E-state index contributed by atoms with van der Waals surface area (Å²) in [6.45, 7) is 3.58. The first-order valence-corrected chi connectivity index (χ1v) is 17.5. The van der Waals surface area contributed by atoms with Crippen LogP contribution in [0, 0.1) is 0 Å². The molecular weight excluding hydrogens is 743 g/mol. The largest absolute Gasteiger partial charge is 0.269 e. The van der Waals surface area contributed by atoms with Gasteiger partial charge in [-0.05, 0) is 83.7 Å². The number of amides is 4. The summed E-state index contributed by atoms with van der Waals surface area (Å²) in [5.41, 5.74) is 3.06. The maximum Gasteiger partial charge on any atom is 0.262 e. The third-order valence-electron chi connectivity index (χ3n) is 8.21. The van der Waals surface area contributed by atoms with E-state index in [0.717, 1.165) is 24.2 Å². The van der Waals surface area contributed by atoms with Crippen LogP contribution >= 0.6 is 61.8 Å². The molecule has 8 nitrogen and oxygen atoms in total. The summed E-state index contributed by atoms with van der Waals surface area (Å²) in [5, 5.41) is 4.45. The van der Waals surface area contributed by atoms with Crippen LogP contribution < -0.4 is 0 Å². The van der Waals surface area contributed by atoms with Crippen LogP contribution in [-0.4, -0.2) is 43.4 Å². The number of pyridine rings is 2. The van der Waals surface area contributed by atoms with Crippen molar-refractivity contribution in [1.82, 2.24) is 19.8 Å². The Hall–Kier alpha value is -4.00. The van der Waals surface area contributed by atoms with Crippen molar-refractivity contribution in [3.63, 3.8) is 0 Å². The van der Waals surface area contributed by atoms with Crippen molar-refractivity contribution in [3.8, 4) is 0 Å². The monoisotopic (exact) mass is 762 g/mol. The number of carbonyl (C=O) groups excluding carboxylic acids is 4. The fourth-order valence-corrected chi connectivity index (χ4v) is 8.71. The van der Waals surface area contributed by atoms with E-state index in [4.69, 9.17) is 23.2 Å². The van der Waals surface area contributed by atoms with Gasteiger partial charge in [-0.15, -0.1) is 22.7 Å². The molecule has 6 heterocycles. The number of imide groups is 2. The molecule has 0 N–H and O–H groups in total. The number of hydrogen-bond acceptors (Lipinski definition) is 8. The minimum absolute atomic E-state index is 0.292. The average Bonchev–Trinajstić information content (AvgIpc) is 3.79. The lowest BCUT2D eigenvalue weighted by molar-refractivity contribution is 0.0579. The quantitative estimate of drug-likeness (QED) is 0.131. The van der Waals surface area contributed by atoms with E-state index in [1.807, 2.05) is 29.6 Å². The Morgan fingerprint density at radius 1 is 0.638 bits per heavy atom. The van der Waals surface area contributed by atoms with Crippen LogP contribution in [0.3, 0.4) is 0 Å². The van der Waals surface area contributed by atoms with Crippen LogP contribution in [-0.2, 0) is 0 Å². The van der Waals surface area contributed by atoms with Gasteiger partial charge < -0.3 is 0 Å². The molecule has 4 amide bonds. The summed E-state index contributed by atoms with van der Waals surface area (Å²) in [6, 6.07) is 20.4. The second-order valence-corrected chi connectivity index (χ2v) is 14.9. The summed E-state index contributed by atoms with van der Waals surface area (Å²) in [6.07, 6.45) is 0. The SMILES string of the molecule is C[C@@H](c1cc2cc(Br)sc2nc1Cl)N1C(=O)c2ccccc2C1=O.C[C@@H](c1cc2ccsc2nc1Cl)N1C(=O)c2ccccc2C1=O. The van der Waals surface area contributed by atoms with Gasteiger partial charge in [-0.1, -0.05) is 47.5 Å². The lowest BCUT2D eigenvalue weighted by Crippen LogP contribution is -2.32. The first-order valence-electron chi connectivity index (χ1n) is 14.3. The first kappa shape index (κ1) is 31.6. The molecule has 0 saturated carbocycles. The Morgan fingerprint density at radius 2 is 1.06 bits per heavy atom. The number of benzene rings is 2. The highest BCUT2D eigenvalue weighted by Gasteiger charge is 2.40. The van der Waals surface area contributed by atoms with Crippen LogP contribution in [0.4, 0.5) is 0 Å². The molecule has 0 unspecified atom stereocenters. The summed E-state index contributed by atoms with van der Waals surface area (Å²) in [7, 11) is 0. The molecule has 0 aliphatic carbocycles. The van der Waals surface area contributed by atoms with Gasteiger partial charge in [0.2, 0.25) is 0 Å². The molecule has 2 aliphatic rings. The average molecular weight is 765 g/mol. The third-order valence-corrected chi connectivity index (χ3v) is 11.2. The molecule has 0 fully saturated rings. The number of hydrogen-bond donors (Lipinski definition) is 0. The van der Waals surface area contributed by atoms with Crippen molar-refractivity contribution in [1.29, 1.82) is 0 Å². The molecule has 4 aromatic heterocycles. The Bertz CT molecular complexity index is 2240. The van der Waals surface area contributed by atoms with E-state index in [2.05, 4.69) is 25.9 Å². The molecule has 2 atom stereocenters. The highest BCUT2D eigenvalue weighted by atomic mass is 79.9. The number of halogens is 3. The molecule has 8 rings (SSSR count). The third kappa shape index (κ3) is 5.36. The summed E-state index contributed by atoms with van der Waals surface area (Å²) >= 11 is 19.0. The maximum absolute atomic E-state index is 12.6. The van der Waals surface area contributed by atoms with E-state index in [1.54, 1.807) is 62.4 Å². The van der Waals surface area contributed by atoms with E-state index >= 15 is 0 Å². The highest BCUT2D eigenvalue weighted by Crippen LogP contribution is 2.38. The van der Waals surface area contributed by atoms with Crippen molar-refractivity contribution in [3.05, 3.63) is 126 Å². The summed E-state index contributed by atoms with van der Waals surface area (Å²) in [5.74, 6) is -1.18. The topological polar surface area (TPSA) is 101 Å². The van der Waals surface area contributed by atoms with Gasteiger partial charge in [0.1, 0.15) is 20.0 Å². The molecule has 0 bridgehead atoms. The molecule has 13 heteroatoms. The van der Waals surface area contributed by atoms with E-state index in [-0.39, 0.29) is 23.6 Å². The normalized spacial score (nSPS) is 15.3. The highest BCUT2D eigenvalue weighted by molar-refractivity contribution is 9.11. The van der Waals surface area contributed by atoms with Crippen molar-refractivity contribution >= 4 is 106 Å². The fraction of sp³-hybridized carbons (Fsp3) is 0.118. The maximum atomic E-state index is 12.6. The minimum Gasteiger partial charge on any atom is -0.269 e. The molecule has 234 valence electrons. The van der Waals surface area contributed by atoms with Gasteiger partial charge in [-0.25, -0.2) is 9.97 Å². The zero-order valence-corrected chi connectivity index (χ0v) is 29.3. The summed E-state index contributed by atoms with van der Waals surface area (Å²) in [4.78, 5) is 63.4. The van der Waals surface area contributed by atoms with Gasteiger partial charge in [0, 0.05) is 21.9 Å². The number of nitrogens with zero attached hydrogens (tertiary/aromatic N) is 4. The number of rotatable bonds is 4. The zero-order chi connectivity index (χ0) is 33.1.